The van der Waals surface area contributed by atoms with Gasteiger partial charge in [-0.3, -0.25) is 0 Å². The summed E-state index contributed by atoms with van der Waals surface area (Å²) in [5.74, 6) is -1.29. The van der Waals surface area contributed by atoms with Crippen molar-refractivity contribution in [1.29, 1.82) is 0 Å². The fraction of sp³-hybridized carbons (Fsp3) is 0.167. The van der Waals surface area contributed by atoms with E-state index in [1.54, 1.807) is 0 Å². The summed E-state index contributed by atoms with van der Waals surface area (Å²) < 4.78 is 4.50. The summed E-state index contributed by atoms with van der Waals surface area (Å²) in [6.45, 7) is 6.31. The van der Waals surface area contributed by atoms with Crippen LogP contribution in [0, 0.1) is 0 Å². The van der Waals surface area contributed by atoms with Crippen LogP contribution in [0.1, 0.15) is 0 Å². The van der Waals surface area contributed by atoms with E-state index in [1.165, 1.54) is 0 Å². The zero-order valence-corrected chi connectivity index (χ0v) is 7.92. The van der Waals surface area contributed by atoms with Crippen LogP contribution in [0.25, 0.3) is 0 Å². The molecule has 0 atom stereocenters. The van der Waals surface area contributed by atoms with Crippen molar-refractivity contribution >= 4 is 5.97 Å². The number of hydrogen-bond donors (Lipinski definition) is 0. The number of carboxylic acid groups (broad SMARTS) is 1. The topological polar surface area (TPSA) is 49.4 Å². The smallest absolute Gasteiger partial charge is 0.545 e. The van der Waals surface area contributed by atoms with Gasteiger partial charge in [-0.15, -0.1) is 0 Å². The van der Waals surface area contributed by atoms with Gasteiger partial charge in [-0.05, 0) is 0 Å². The molecule has 0 radical (unpaired) electrons. The third-order valence-corrected chi connectivity index (χ3v) is 0.664. The summed E-state index contributed by atoms with van der Waals surface area (Å²) >= 11 is 0. The average Bonchev–Trinajstić information content (AvgIpc) is 1.82. The van der Waals surface area contributed by atoms with E-state index in [2.05, 4.69) is 17.9 Å². The van der Waals surface area contributed by atoms with Gasteiger partial charge in [0.15, 0.2) is 0 Å². The maximum absolute atomic E-state index is 9.88. The quantitative estimate of drug-likeness (QED) is 0.237. The van der Waals surface area contributed by atoms with Crippen LogP contribution in [-0.4, -0.2) is 12.6 Å². The Morgan fingerprint density at radius 2 is 2.20 bits per heavy atom. The van der Waals surface area contributed by atoms with Crippen molar-refractivity contribution in [2.45, 2.75) is 0 Å². The first kappa shape index (κ1) is 12.4. The van der Waals surface area contributed by atoms with Gasteiger partial charge in [0, 0.05) is 5.57 Å². The standard InChI is InChI=1S/C6H8O3.Na/c1-3-9-4-5(2)6(7)8;/h3H,1-2,4H2,(H,7,8);/q;+1/p-1. The summed E-state index contributed by atoms with van der Waals surface area (Å²) in [6, 6.07) is 0. The van der Waals surface area contributed by atoms with Crippen LogP contribution >= 0.6 is 0 Å². The Balaban J connectivity index is 0. The zero-order valence-electron chi connectivity index (χ0n) is 5.92. The van der Waals surface area contributed by atoms with E-state index in [0.29, 0.717) is 0 Å². The van der Waals surface area contributed by atoms with Crippen molar-refractivity contribution < 1.29 is 44.2 Å². The Hall–Kier alpha value is -0.250. The molecule has 3 nitrogen and oxygen atoms in total. The number of hydrogen-bond acceptors (Lipinski definition) is 3. The molecule has 0 unspecified atom stereocenters. The van der Waals surface area contributed by atoms with Gasteiger partial charge in [-0.1, -0.05) is 13.2 Å². The summed E-state index contributed by atoms with van der Waals surface area (Å²) in [4.78, 5) is 9.88. The maximum atomic E-state index is 9.88. The van der Waals surface area contributed by atoms with Crippen LogP contribution < -0.4 is 34.7 Å². The number of carbonyl (C=O) groups excluding carboxylic acids is 1. The van der Waals surface area contributed by atoms with E-state index >= 15 is 0 Å². The average molecular weight is 150 g/mol. The maximum Gasteiger partial charge on any atom is 1.00 e. The van der Waals surface area contributed by atoms with Crippen molar-refractivity contribution in [3.05, 3.63) is 25.0 Å². The zero-order chi connectivity index (χ0) is 7.28. The van der Waals surface area contributed by atoms with Gasteiger partial charge < -0.3 is 14.6 Å². The van der Waals surface area contributed by atoms with E-state index in [-0.39, 0.29) is 41.7 Å². The van der Waals surface area contributed by atoms with E-state index in [9.17, 15) is 9.90 Å². The Morgan fingerprint density at radius 3 is 2.50 bits per heavy atom. The Labute approximate surface area is 81.7 Å². The molecule has 0 heterocycles. The second-order valence-electron chi connectivity index (χ2n) is 1.37. The van der Waals surface area contributed by atoms with Gasteiger partial charge >= 0.3 is 29.6 Å². The van der Waals surface area contributed by atoms with Gasteiger partial charge in [0.1, 0.15) is 6.61 Å². The van der Waals surface area contributed by atoms with Crippen molar-refractivity contribution in [3.63, 3.8) is 0 Å². The molecule has 0 bridgehead atoms. The monoisotopic (exact) mass is 150 g/mol. The van der Waals surface area contributed by atoms with E-state index in [1.807, 2.05) is 0 Å². The minimum Gasteiger partial charge on any atom is -0.545 e. The van der Waals surface area contributed by atoms with Crippen LogP contribution in [0.3, 0.4) is 0 Å². The number of carbonyl (C=O) groups is 1. The van der Waals surface area contributed by atoms with E-state index < -0.39 is 5.97 Å². The molecule has 0 aromatic rings. The van der Waals surface area contributed by atoms with Crippen molar-refractivity contribution in [2.24, 2.45) is 0 Å². The first-order valence-corrected chi connectivity index (χ1v) is 2.30. The van der Waals surface area contributed by atoms with Crippen molar-refractivity contribution in [2.75, 3.05) is 6.61 Å². The second kappa shape index (κ2) is 6.86. The van der Waals surface area contributed by atoms with E-state index in [0.717, 1.165) is 6.26 Å². The molecular formula is C6H7NaO3. The molecule has 10 heavy (non-hydrogen) atoms. The Bertz CT molecular complexity index is 142. The SMILES string of the molecule is C=COCC(=C)C(=O)[O-].[Na+]. The van der Waals surface area contributed by atoms with Gasteiger partial charge in [0.25, 0.3) is 0 Å². The van der Waals surface area contributed by atoms with Crippen LogP contribution in [0.5, 0.6) is 0 Å². The Kier molecular flexibility index (Phi) is 8.53. The molecule has 0 N–H and O–H groups in total. The Morgan fingerprint density at radius 1 is 1.70 bits per heavy atom. The summed E-state index contributed by atoms with van der Waals surface area (Å²) in [5, 5.41) is 9.88. The first-order chi connectivity index (χ1) is 4.18. The predicted molar refractivity (Wildman–Crippen MR) is 30.3 cm³/mol. The molecule has 0 aliphatic heterocycles. The molecule has 0 amide bonds. The molecule has 0 saturated heterocycles. The number of rotatable bonds is 4. The third kappa shape index (κ3) is 5.88. The number of ether oxygens (including phenoxy) is 1. The molecule has 4 heteroatoms. The molecule has 0 fully saturated rings. The molecule has 0 aliphatic rings. The summed E-state index contributed by atoms with van der Waals surface area (Å²) in [6.07, 6.45) is 1.15. The van der Waals surface area contributed by atoms with Gasteiger partial charge in [-0.25, -0.2) is 0 Å². The van der Waals surface area contributed by atoms with Crippen LogP contribution in [-0.2, 0) is 9.53 Å². The normalized spacial score (nSPS) is 7.20. The van der Waals surface area contributed by atoms with Gasteiger partial charge in [-0.2, -0.15) is 0 Å². The molecule has 0 spiro atoms. The van der Waals surface area contributed by atoms with Crippen LogP contribution in [0.4, 0.5) is 0 Å². The molecule has 0 rings (SSSR count). The third-order valence-electron chi connectivity index (χ3n) is 0.664. The molecule has 0 aromatic heterocycles. The predicted octanol–water partition coefficient (Wildman–Crippen LogP) is -3.54. The summed E-state index contributed by atoms with van der Waals surface area (Å²) in [5.41, 5.74) is -0.0881. The minimum atomic E-state index is -1.29. The van der Waals surface area contributed by atoms with Crippen molar-refractivity contribution in [3.8, 4) is 0 Å². The van der Waals surface area contributed by atoms with Crippen LogP contribution in [0.15, 0.2) is 25.0 Å². The van der Waals surface area contributed by atoms with Crippen molar-refractivity contribution in [1.82, 2.24) is 0 Å². The largest absolute Gasteiger partial charge is 1.00 e. The molecule has 0 aromatic carbocycles. The number of aliphatic carboxylic acids is 1. The van der Waals surface area contributed by atoms with Gasteiger partial charge in [0.05, 0.1) is 12.2 Å². The fourth-order valence-electron chi connectivity index (χ4n) is 0.218. The fourth-order valence-corrected chi connectivity index (χ4v) is 0.218. The first-order valence-electron chi connectivity index (χ1n) is 2.30. The summed E-state index contributed by atoms with van der Waals surface area (Å²) in [7, 11) is 0. The van der Waals surface area contributed by atoms with E-state index in [4.69, 9.17) is 0 Å². The van der Waals surface area contributed by atoms with Gasteiger partial charge in [0.2, 0.25) is 0 Å². The second-order valence-corrected chi connectivity index (χ2v) is 1.37. The molecule has 0 saturated carbocycles. The molecule has 50 valence electrons. The molecule has 0 aliphatic carbocycles. The minimum absolute atomic E-state index is 0. The molecular weight excluding hydrogens is 143 g/mol. The van der Waals surface area contributed by atoms with Crippen LogP contribution in [0.2, 0.25) is 0 Å². The number of carboxylic acids is 1.